The van der Waals surface area contributed by atoms with Crippen molar-refractivity contribution in [2.75, 3.05) is 6.61 Å². The van der Waals surface area contributed by atoms with E-state index in [0.717, 1.165) is 0 Å². The van der Waals surface area contributed by atoms with Crippen molar-refractivity contribution in [3.05, 3.63) is 27.5 Å². The first kappa shape index (κ1) is 15.5. The quantitative estimate of drug-likeness (QED) is 0.571. The summed E-state index contributed by atoms with van der Waals surface area (Å²) in [5.41, 5.74) is 0.800. The van der Waals surface area contributed by atoms with Gasteiger partial charge in [-0.3, -0.25) is 9.78 Å². The first-order valence-corrected chi connectivity index (χ1v) is 7.08. The van der Waals surface area contributed by atoms with Gasteiger partial charge in [-0.15, -0.1) is 0 Å². The Morgan fingerprint density at radius 1 is 1.56 bits per heavy atom. The number of carbonyl (C=O) groups is 1. The fraction of sp³-hybridized carbons (Fsp3) is 0.455. The predicted octanol–water partition coefficient (Wildman–Crippen LogP) is 3.78. The highest BCUT2D eigenvalue weighted by Crippen LogP contribution is 2.31. The van der Waals surface area contributed by atoms with Gasteiger partial charge in [-0.25, -0.2) is 8.78 Å². The van der Waals surface area contributed by atoms with Crippen molar-refractivity contribution in [2.24, 2.45) is 0 Å². The summed E-state index contributed by atoms with van der Waals surface area (Å²) in [5, 5.41) is 0.427. The summed E-state index contributed by atoms with van der Waals surface area (Å²) < 4.78 is 30.4. The highest BCUT2D eigenvalue weighted by molar-refractivity contribution is 9.10. The Bertz CT molecular complexity index is 441. The SMILES string of the molecule is CCOC(=O)Cc1c(CBr)cnc(C(F)F)c1Br. The number of nitrogens with zero attached hydrogens (tertiary/aromatic N) is 1. The number of carbonyl (C=O) groups excluding carboxylic acids is 1. The van der Waals surface area contributed by atoms with E-state index in [2.05, 4.69) is 36.8 Å². The van der Waals surface area contributed by atoms with E-state index in [-0.39, 0.29) is 23.2 Å². The third-order valence-corrected chi connectivity index (χ3v) is 3.70. The van der Waals surface area contributed by atoms with Crippen molar-refractivity contribution in [3.8, 4) is 0 Å². The number of hydrogen-bond donors (Lipinski definition) is 0. The highest BCUT2D eigenvalue weighted by Gasteiger charge is 2.20. The molecule has 1 aromatic rings. The molecule has 0 unspecified atom stereocenters. The van der Waals surface area contributed by atoms with Gasteiger partial charge >= 0.3 is 5.97 Å². The lowest BCUT2D eigenvalue weighted by Crippen LogP contribution is -2.11. The average Bonchev–Trinajstić information content (AvgIpc) is 2.31. The number of esters is 1. The van der Waals surface area contributed by atoms with Gasteiger partial charge in [0.1, 0.15) is 5.69 Å². The maximum atomic E-state index is 12.7. The smallest absolute Gasteiger partial charge is 0.310 e. The molecule has 3 nitrogen and oxygen atoms in total. The van der Waals surface area contributed by atoms with Crippen LogP contribution in [0.1, 0.15) is 30.2 Å². The molecule has 18 heavy (non-hydrogen) atoms. The second-order valence-corrected chi connectivity index (χ2v) is 4.73. The van der Waals surface area contributed by atoms with Gasteiger partial charge in [-0.1, -0.05) is 15.9 Å². The molecule has 0 saturated heterocycles. The Morgan fingerprint density at radius 3 is 2.72 bits per heavy atom. The van der Waals surface area contributed by atoms with E-state index in [1.54, 1.807) is 6.92 Å². The zero-order valence-corrected chi connectivity index (χ0v) is 12.7. The molecule has 0 aliphatic rings. The molecule has 0 amide bonds. The number of alkyl halides is 3. The lowest BCUT2D eigenvalue weighted by Gasteiger charge is -2.12. The largest absolute Gasteiger partial charge is 0.466 e. The molecule has 0 aliphatic carbocycles. The third-order valence-electron chi connectivity index (χ3n) is 2.21. The highest BCUT2D eigenvalue weighted by atomic mass is 79.9. The molecule has 1 aromatic heterocycles. The van der Waals surface area contributed by atoms with Crippen molar-refractivity contribution < 1.29 is 18.3 Å². The number of pyridine rings is 1. The van der Waals surface area contributed by atoms with Crippen molar-refractivity contribution in [1.29, 1.82) is 0 Å². The van der Waals surface area contributed by atoms with Gasteiger partial charge in [0.25, 0.3) is 6.43 Å². The van der Waals surface area contributed by atoms with Crippen LogP contribution in [0.5, 0.6) is 0 Å². The molecular formula is C11H11Br2F2NO2. The van der Waals surface area contributed by atoms with E-state index < -0.39 is 12.4 Å². The number of hydrogen-bond acceptors (Lipinski definition) is 3. The molecule has 1 heterocycles. The molecule has 100 valence electrons. The van der Waals surface area contributed by atoms with E-state index in [0.29, 0.717) is 16.5 Å². The zero-order valence-electron chi connectivity index (χ0n) is 9.55. The molecule has 0 N–H and O–H groups in total. The second-order valence-electron chi connectivity index (χ2n) is 3.38. The number of aromatic nitrogens is 1. The van der Waals surface area contributed by atoms with Crippen molar-refractivity contribution >= 4 is 37.8 Å². The molecule has 0 bridgehead atoms. The maximum absolute atomic E-state index is 12.7. The first-order chi connectivity index (χ1) is 8.51. The summed E-state index contributed by atoms with van der Waals surface area (Å²) in [6, 6.07) is 0. The number of halogens is 4. The van der Waals surface area contributed by atoms with Crippen molar-refractivity contribution in [2.45, 2.75) is 25.1 Å². The third kappa shape index (κ3) is 3.71. The molecule has 0 atom stereocenters. The predicted molar refractivity (Wildman–Crippen MR) is 69.9 cm³/mol. The Balaban J connectivity index is 3.13. The second kappa shape index (κ2) is 7.13. The Hall–Kier alpha value is -0.560. The topological polar surface area (TPSA) is 39.2 Å². The first-order valence-electron chi connectivity index (χ1n) is 5.17. The number of ether oxygens (including phenoxy) is 1. The van der Waals surface area contributed by atoms with E-state index in [1.165, 1.54) is 6.20 Å². The molecule has 1 rings (SSSR count). The lowest BCUT2D eigenvalue weighted by atomic mass is 10.1. The van der Waals surface area contributed by atoms with Crippen LogP contribution < -0.4 is 0 Å². The van der Waals surface area contributed by atoms with Crippen LogP contribution in [0.15, 0.2) is 10.7 Å². The van der Waals surface area contributed by atoms with E-state index in [9.17, 15) is 13.6 Å². The van der Waals surface area contributed by atoms with Crippen LogP contribution in [0.2, 0.25) is 0 Å². The maximum Gasteiger partial charge on any atom is 0.310 e. The van der Waals surface area contributed by atoms with Crippen LogP contribution in [-0.2, 0) is 21.3 Å². The Labute approximate surface area is 120 Å². The minimum absolute atomic E-state index is 0.0579. The summed E-state index contributed by atoms with van der Waals surface area (Å²) in [6.07, 6.45) is -1.41. The summed E-state index contributed by atoms with van der Waals surface area (Å²) >= 11 is 6.31. The molecule has 0 radical (unpaired) electrons. The average molecular weight is 387 g/mol. The standard InChI is InChI=1S/C11H11Br2F2NO2/c1-2-18-8(17)3-7-6(4-12)5-16-10(9(7)13)11(14)15/h5,11H,2-4H2,1H3. The molecular weight excluding hydrogens is 376 g/mol. The van der Waals surface area contributed by atoms with Crippen LogP contribution in [0.4, 0.5) is 8.78 Å². The summed E-state index contributed by atoms with van der Waals surface area (Å²) in [7, 11) is 0. The van der Waals surface area contributed by atoms with Crippen LogP contribution in [0.3, 0.4) is 0 Å². The van der Waals surface area contributed by atoms with Gasteiger partial charge in [-0.05, 0) is 34.0 Å². The van der Waals surface area contributed by atoms with Gasteiger partial charge in [0.2, 0.25) is 0 Å². The van der Waals surface area contributed by atoms with Crippen molar-refractivity contribution in [3.63, 3.8) is 0 Å². The summed E-state index contributed by atoms with van der Waals surface area (Å²) in [6.45, 7) is 1.95. The van der Waals surface area contributed by atoms with Gasteiger partial charge < -0.3 is 4.74 Å². The zero-order chi connectivity index (χ0) is 13.7. The van der Waals surface area contributed by atoms with Crippen molar-refractivity contribution in [1.82, 2.24) is 4.98 Å². The minimum Gasteiger partial charge on any atom is -0.466 e. The fourth-order valence-corrected chi connectivity index (χ4v) is 2.55. The summed E-state index contributed by atoms with van der Waals surface area (Å²) in [5.74, 6) is -0.452. The lowest BCUT2D eigenvalue weighted by molar-refractivity contribution is -0.142. The molecule has 0 saturated carbocycles. The minimum atomic E-state index is -2.69. The van der Waals surface area contributed by atoms with Crippen LogP contribution >= 0.6 is 31.9 Å². The number of rotatable bonds is 5. The molecule has 0 fully saturated rings. The monoisotopic (exact) mass is 385 g/mol. The molecule has 0 aliphatic heterocycles. The molecule has 0 aromatic carbocycles. The van der Waals surface area contributed by atoms with Gasteiger partial charge in [-0.2, -0.15) is 0 Å². The van der Waals surface area contributed by atoms with E-state index in [1.807, 2.05) is 0 Å². The molecule has 7 heteroatoms. The van der Waals surface area contributed by atoms with Crippen LogP contribution in [0.25, 0.3) is 0 Å². The Morgan fingerprint density at radius 2 is 2.22 bits per heavy atom. The fourth-order valence-electron chi connectivity index (χ4n) is 1.39. The van der Waals surface area contributed by atoms with Gasteiger partial charge in [0.05, 0.1) is 13.0 Å². The Kier molecular flexibility index (Phi) is 6.14. The van der Waals surface area contributed by atoms with E-state index >= 15 is 0 Å². The van der Waals surface area contributed by atoms with Crippen LogP contribution in [-0.4, -0.2) is 17.6 Å². The van der Waals surface area contributed by atoms with Gasteiger partial charge in [0, 0.05) is 16.0 Å². The van der Waals surface area contributed by atoms with Gasteiger partial charge in [0.15, 0.2) is 0 Å². The molecule has 0 spiro atoms. The summed E-state index contributed by atoms with van der Waals surface area (Å²) in [4.78, 5) is 15.1. The van der Waals surface area contributed by atoms with Crippen LogP contribution in [0, 0.1) is 0 Å². The van der Waals surface area contributed by atoms with E-state index in [4.69, 9.17) is 4.74 Å². The normalized spacial score (nSPS) is 10.8.